The molecule has 23 heavy (non-hydrogen) atoms. The first-order valence-corrected chi connectivity index (χ1v) is 8.08. The van der Waals surface area contributed by atoms with E-state index in [0.29, 0.717) is 10.8 Å². The summed E-state index contributed by atoms with van der Waals surface area (Å²) in [6.07, 6.45) is 7.06. The highest BCUT2D eigenvalue weighted by atomic mass is 35.5. The van der Waals surface area contributed by atoms with Crippen molar-refractivity contribution in [2.24, 2.45) is 5.92 Å². The Balaban J connectivity index is 1.58. The van der Waals surface area contributed by atoms with Gasteiger partial charge in [0.1, 0.15) is 5.82 Å². The molecule has 0 aliphatic carbocycles. The van der Waals surface area contributed by atoms with E-state index in [9.17, 15) is 4.79 Å². The first-order chi connectivity index (χ1) is 11.2. The summed E-state index contributed by atoms with van der Waals surface area (Å²) in [6.45, 7) is 0. The Morgan fingerprint density at radius 2 is 1.96 bits per heavy atom. The molecule has 2 fully saturated rings. The van der Waals surface area contributed by atoms with E-state index >= 15 is 0 Å². The van der Waals surface area contributed by atoms with Gasteiger partial charge in [-0.15, -0.1) is 0 Å². The van der Waals surface area contributed by atoms with Crippen LogP contribution in [0.2, 0.25) is 5.02 Å². The summed E-state index contributed by atoms with van der Waals surface area (Å²) in [6, 6.07) is 7.35. The van der Waals surface area contributed by atoms with Gasteiger partial charge in [0.05, 0.1) is 23.1 Å². The van der Waals surface area contributed by atoms with Crippen LogP contribution in [-0.2, 0) is 9.53 Å². The third kappa shape index (κ3) is 2.71. The molecule has 1 N–H and O–H groups in total. The van der Waals surface area contributed by atoms with Crippen LogP contribution < -0.4 is 5.32 Å². The highest BCUT2D eigenvalue weighted by molar-refractivity contribution is 6.30. The molecule has 0 spiro atoms. The zero-order chi connectivity index (χ0) is 15.8. The van der Waals surface area contributed by atoms with Crippen molar-refractivity contribution >= 4 is 23.3 Å². The van der Waals surface area contributed by atoms with E-state index in [-0.39, 0.29) is 30.0 Å². The quantitative estimate of drug-likeness (QED) is 0.940. The van der Waals surface area contributed by atoms with Gasteiger partial charge in [-0.3, -0.25) is 9.78 Å². The van der Waals surface area contributed by atoms with Gasteiger partial charge < -0.3 is 10.1 Å². The fraction of sp³-hybridized carbons (Fsp3) is 0.353. The maximum Gasteiger partial charge on any atom is 0.231 e. The first-order valence-electron chi connectivity index (χ1n) is 7.70. The van der Waals surface area contributed by atoms with E-state index in [2.05, 4.69) is 15.3 Å². The predicted molar refractivity (Wildman–Crippen MR) is 86.2 cm³/mol. The lowest BCUT2D eigenvalue weighted by Gasteiger charge is -2.27. The Hall–Kier alpha value is -1.98. The minimum absolute atomic E-state index is 0.0227. The number of pyridine rings is 2. The second-order valence-electron chi connectivity index (χ2n) is 5.97. The van der Waals surface area contributed by atoms with Gasteiger partial charge in [0.25, 0.3) is 0 Å². The van der Waals surface area contributed by atoms with Crippen LogP contribution in [0.25, 0.3) is 0 Å². The highest BCUT2D eigenvalue weighted by Gasteiger charge is 2.52. The van der Waals surface area contributed by atoms with Crippen LogP contribution in [0.4, 0.5) is 5.82 Å². The number of fused-ring (bicyclic) bond motifs is 2. The molecule has 6 heteroatoms. The number of halogens is 1. The van der Waals surface area contributed by atoms with E-state index in [1.165, 1.54) is 6.20 Å². The van der Waals surface area contributed by atoms with Gasteiger partial charge >= 0.3 is 0 Å². The number of hydrogen-bond donors (Lipinski definition) is 1. The lowest BCUT2D eigenvalue weighted by molar-refractivity contribution is -0.121. The SMILES string of the molecule is O=C(Nc1ccc(Cl)cn1)[C@H]1[C@H](c2ccncc2)[C@@H]2CC[C@H]1O2. The summed E-state index contributed by atoms with van der Waals surface area (Å²) < 4.78 is 6.01. The average molecular weight is 330 g/mol. The topological polar surface area (TPSA) is 64.1 Å². The summed E-state index contributed by atoms with van der Waals surface area (Å²) in [5, 5.41) is 3.43. The Morgan fingerprint density at radius 1 is 1.17 bits per heavy atom. The van der Waals surface area contributed by atoms with Crippen LogP contribution in [0, 0.1) is 5.92 Å². The number of rotatable bonds is 3. The normalized spacial score (nSPS) is 28.7. The molecule has 0 aromatic carbocycles. The standard InChI is InChI=1S/C17H16ClN3O2/c18-11-1-4-14(20-9-11)21-17(22)16-13-3-2-12(23-13)15(16)10-5-7-19-8-6-10/h1,4-9,12-13,15-16H,2-3H2,(H,20,21,22)/t12-,13+,15+,16+/m0/s1. The van der Waals surface area contributed by atoms with E-state index in [1.807, 2.05) is 12.1 Å². The summed E-state index contributed by atoms with van der Waals surface area (Å²) in [5.41, 5.74) is 1.11. The fourth-order valence-corrected chi connectivity index (χ4v) is 3.79. The Morgan fingerprint density at radius 3 is 2.70 bits per heavy atom. The smallest absolute Gasteiger partial charge is 0.231 e. The molecule has 2 aliphatic heterocycles. The molecule has 4 rings (SSSR count). The molecule has 2 bridgehead atoms. The average Bonchev–Trinajstić information content (AvgIpc) is 3.19. The van der Waals surface area contributed by atoms with Gasteiger partial charge in [0, 0.05) is 24.5 Å². The molecule has 2 aliphatic rings. The monoisotopic (exact) mass is 329 g/mol. The van der Waals surface area contributed by atoms with Crippen LogP contribution in [0.3, 0.4) is 0 Å². The van der Waals surface area contributed by atoms with Gasteiger partial charge in [-0.2, -0.15) is 0 Å². The number of anilines is 1. The van der Waals surface area contributed by atoms with Gasteiger partial charge in [-0.25, -0.2) is 4.98 Å². The van der Waals surface area contributed by atoms with Gasteiger partial charge in [0.15, 0.2) is 0 Å². The number of nitrogens with zero attached hydrogens (tertiary/aromatic N) is 2. The van der Waals surface area contributed by atoms with Crippen molar-refractivity contribution in [1.82, 2.24) is 9.97 Å². The minimum atomic E-state index is -0.200. The van der Waals surface area contributed by atoms with Crippen LogP contribution in [0.5, 0.6) is 0 Å². The number of amides is 1. The van der Waals surface area contributed by atoms with E-state index in [0.717, 1.165) is 18.4 Å². The number of carbonyl (C=O) groups is 1. The Labute approximate surface area is 139 Å². The van der Waals surface area contributed by atoms with Crippen LogP contribution >= 0.6 is 11.6 Å². The predicted octanol–water partition coefficient (Wildman–Crippen LogP) is 3.03. The van der Waals surface area contributed by atoms with E-state index < -0.39 is 0 Å². The molecule has 118 valence electrons. The Kier molecular flexibility index (Phi) is 3.75. The molecule has 2 aromatic heterocycles. The third-order valence-corrected chi connectivity index (χ3v) is 4.87. The first kappa shape index (κ1) is 14.6. The second-order valence-corrected chi connectivity index (χ2v) is 6.41. The second kappa shape index (κ2) is 5.91. The van der Waals surface area contributed by atoms with Gasteiger partial charge in [-0.05, 0) is 42.7 Å². The van der Waals surface area contributed by atoms with E-state index in [1.54, 1.807) is 24.5 Å². The zero-order valence-corrected chi connectivity index (χ0v) is 13.1. The number of ether oxygens (including phenoxy) is 1. The maximum absolute atomic E-state index is 12.8. The van der Waals surface area contributed by atoms with Crippen LogP contribution in [-0.4, -0.2) is 28.1 Å². The molecule has 4 atom stereocenters. The molecule has 5 nitrogen and oxygen atoms in total. The number of hydrogen-bond acceptors (Lipinski definition) is 4. The maximum atomic E-state index is 12.8. The zero-order valence-electron chi connectivity index (χ0n) is 12.4. The summed E-state index contributed by atoms with van der Waals surface area (Å²) in [4.78, 5) is 21.0. The van der Waals surface area contributed by atoms with Crippen LogP contribution in [0.1, 0.15) is 24.3 Å². The van der Waals surface area contributed by atoms with Crippen molar-refractivity contribution in [2.75, 3.05) is 5.32 Å². The molecule has 0 saturated carbocycles. The molecular formula is C17H16ClN3O2. The lowest BCUT2D eigenvalue weighted by atomic mass is 9.75. The van der Waals surface area contributed by atoms with Crippen molar-refractivity contribution in [3.63, 3.8) is 0 Å². The molecule has 4 heterocycles. The van der Waals surface area contributed by atoms with E-state index in [4.69, 9.17) is 16.3 Å². The lowest BCUT2D eigenvalue weighted by Crippen LogP contribution is -2.36. The van der Waals surface area contributed by atoms with Crippen molar-refractivity contribution in [1.29, 1.82) is 0 Å². The number of nitrogens with one attached hydrogen (secondary N) is 1. The van der Waals surface area contributed by atoms with Crippen molar-refractivity contribution in [3.05, 3.63) is 53.4 Å². The minimum Gasteiger partial charge on any atom is -0.373 e. The summed E-state index contributed by atoms with van der Waals surface area (Å²) in [5.74, 6) is 0.335. The number of aromatic nitrogens is 2. The summed E-state index contributed by atoms with van der Waals surface area (Å²) >= 11 is 5.83. The Bertz CT molecular complexity index is 708. The molecule has 0 radical (unpaired) electrons. The highest BCUT2D eigenvalue weighted by Crippen LogP contribution is 2.49. The van der Waals surface area contributed by atoms with Gasteiger partial charge in [-0.1, -0.05) is 11.6 Å². The largest absolute Gasteiger partial charge is 0.373 e. The molecule has 2 aromatic rings. The van der Waals surface area contributed by atoms with Crippen LogP contribution in [0.15, 0.2) is 42.9 Å². The molecule has 0 unspecified atom stereocenters. The number of carbonyl (C=O) groups excluding carboxylic acids is 1. The van der Waals surface area contributed by atoms with Crippen molar-refractivity contribution in [2.45, 2.75) is 31.0 Å². The molecule has 1 amide bonds. The van der Waals surface area contributed by atoms with Crippen molar-refractivity contribution in [3.8, 4) is 0 Å². The third-order valence-electron chi connectivity index (χ3n) is 4.65. The fourth-order valence-electron chi connectivity index (χ4n) is 3.68. The molecular weight excluding hydrogens is 314 g/mol. The van der Waals surface area contributed by atoms with Crippen molar-refractivity contribution < 1.29 is 9.53 Å². The summed E-state index contributed by atoms with van der Waals surface area (Å²) in [7, 11) is 0. The van der Waals surface area contributed by atoms with Gasteiger partial charge in [0.2, 0.25) is 5.91 Å². The molecule has 2 saturated heterocycles.